The Morgan fingerprint density at radius 1 is 1.38 bits per heavy atom. The van der Waals surface area contributed by atoms with E-state index in [1.807, 2.05) is 0 Å². The van der Waals surface area contributed by atoms with Crippen LogP contribution in [0, 0.1) is 5.82 Å². The maximum atomic E-state index is 13.3. The Morgan fingerprint density at radius 2 is 2.00 bits per heavy atom. The van der Waals surface area contributed by atoms with Crippen molar-refractivity contribution in [2.75, 3.05) is 6.54 Å². The van der Waals surface area contributed by atoms with Gasteiger partial charge in [-0.3, -0.25) is 0 Å². The second-order valence-electron chi connectivity index (χ2n) is 7.49. The molecule has 1 aromatic rings. The standard InChI is InChI=1S/C17H28FNO4Si/c1-17(2,3)24(4,5)23-14(11-19-16(21)22)10-15(20)12-7-6-8-13(18)9-12/h6-9,14-15,19-20H,10-11H2,1-5H3,(H,21,22)/t14-,15?/m0/s1. The number of nitrogens with one attached hydrogen (secondary N) is 1. The van der Waals surface area contributed by atoms with Crippen LogP contribution in [0.1, 0.15) is 38.9 Å². The van der Waals surface area contributed by atoms with Gasteiger partial charge in [0.1, 0.15) is 5.82 Å². The van der Waals surface area contributed by atoms with Crippen LogP contribution < -0.4 is 5.32 Å². The third-order valence-electron chi connectivity index (χ3n) is 4.47. The molecule has 0 heterocycles. The molecule has 136 valence electrons. The van der Waals surface area contributed by atoms with Crippen molar-refractivity contribution < 1.29 is 23.8 Å². The second kappa shape index (κ2) is 8.09. The van der Waals surface area contributed by atoms with Crippen LogP contribution in [0.15, 0.2) is 24.3 Å². The Kier molecular flexibility index (Phi) is 6.94. The fourth-order valence-electron chi connectivity index (χ4n) is 2.07. The van der Waals surface area contributed by atoms with Gasteiger partial charge in [-0.25, -0.2) is 9.18 Å². The van der Waals surface area contributed by atoms with E-state index in [1.54, 1.807) is 6.07 Å². The van der Waals surface area contributed by atoms with Gasteiger partial charge in [0, 0.05) is 13.0 Å². The summed E-state index contributed by atoms with van der Waals surface area (Å²) in [6, 6.07) is 5.76. The molecule has 1 unspecified atom stereocenters. The summed E-state index contributed by atoms with van der Waals surface area (Å²) in [6.07, 6.45) is -2.36. The zero-order valence-electron chi connectivity index (χ0n) is 15.0. The Morgan fingerprint density at radius 3 is 2.50 bits per heavy atom. The number of halogens is 1. The number of aliphatic hydroxyl groups is 1. The van der Waals surface area contributed by atoms with E-state index in [0.717, 1.165) is 0 Å². The number of hydrogen-bond donors (Lipinski definition) is 3. The van der Waals surface area contributed by atoms with Crippen molar-refractivity contribution >= 4 is 14.4 Å². The van der Waals surface area contributed by atoms with Gasteiger partial charge >= 0.3 is 6.09 Å². The quantitative estimate of drug-likeness (QED) is 0.647. The minimum atomic E-state index is -2.14. The van der Waals surface area contributed by atoms with Gasteiger partial charge in [-0.2, -0.15) is 0 Å². The van der Waals surface area contributed by atoms with Crippen molar-refractivity contribution in [1.82, 2.24) is 5.32 Å². The molecule has 0 aliphatic rings. The van der Waals surface area contributed by atoms with Crippen molar-refractivity contribution in [1.29, 1.82) is 0 Å². The lowest BCUT2D eigenvalue weighted by Crippen LogP contribution is -2.47. The molecule has 0 radical (unpaired) electrons. The molecular formula is C17H28FNO4Si. The molecule has 1 aromatic carbocycles. The molecule has 2 atom stereocenters. The summed E-state index contributed by atoms with van der Waals surface area (Å²) >= 11 is 0. The van der Waals surface area contributed by atoms with E-state index >= 15 is 0 Å². The number of rotatable bonds is 7. The van der Waals surface area contributed by atoms with Gasteiger partial charge in [-0.1, -0.05) is 32.9 Å². The minimum Gasteiger partial charge on any atom is -0.465 e. The molecule has 1 rings (SSSR count). The van der Waals surface area contributed by atoms with E-state index in [0.29, 0.717) is 5.56 Å². The predicted octanol–water partition coefficient (Wildman–Crippen LogP) is 3.91. The van der Waals surface area contributed by atoms with Crippen molar-refractivity contribution in [3.05, 3.63) is 35.6 Å². The van der Waals surface area contributed by atoms with Crippen LogP contribution in [0.25, 0.3) is 0 Å². The van der Waals surface area contributed by atoms with E-state index in [4.69, 9.17) is 9.53 Å². The predicted molar refractivity (Wildman–Crippen MR) is 94.1 cm³/mol. The first-order valence-electron chi connectivity index (χ1n) is 8.00. The molecule has 0 fully saturated rings. The number of amides is 1. The van der Waals surface area contributed by atoms with Crippen LogP contribution in [-0.4, -0.2) is 37.3 Å². The van der Waals surface area contributed by atoms with E-state index in [2.05, 4.69) is 39.2 Å². The molecule has 0 aromatic heterocycles. The first-order valence-corrected chi connectivity index (χ1v) is 10.9. The molecule has 0 aliphatic carbocycles. The highest BCUT2D eigenvalue weighted by Gasteiger charge is 2.39. The Labute approximate surface area is 144 Å². The lowest BCUT2D eigenvalue weighted by molar-refractivity contribution is 0.0846. The average molecular weight is 357 g/mol. The molecule has 24 heavy (non-hydrogen) atoms. The highest BCUT2D eigenvalue weighted by molar-refractivity contribution is 6.74. The van der Waals surface area contributed by atoms with Gasteiger partial charge in [0.2, 0.25) is 0 Å². The summed E-state index contributed by atoms with van der Waals surface area (Å²) in [5.74, 6) is -0.419. The fraction of sp³-hybridized carbons (Fsp3) is 0.588. The van der Waals surface area contributed by atoms with Crippen LogP contribution in [0.3, 0.4) is 0 Å². The van der Waals surface area contributed by atoms with Crippen LogP contribution in [-0.2, 0) is 4.43 Å². The lowest BCUT2D eigenvalue weighted by atomic mass is 10.0. The van der Waals surface area contributed by atoms with Crippen LogP contribution in [0.5, 0.6) is 0 Å². The highest BCUT2D eigenvalue weighted by atomic mass is 28.4. The third kappa shape index (κ3) is 6.22. The van der Waals surface area contributed by atoms with Crippen molar-refractivity contribution in [3.8, 4) is 0 Å². The summed E-state index contributed by atoms with van der Waals surface area (Å²) < 4.78 is 19.6. The van der Waals surface area contributed by atoms with E-state index in [9.17, 15) is 14.3 Å². The van der Waals surface area contributed by atoms with Gasteiger partial charge in [0.25, 0.3) is 0 Å². The molecule has 0 saturated heterocycles. The summed E-state index contributed by atoms with van der Waals surface area (Å²) in [6.45, 7) is 10.5. The van der Waals surface area contributed by atoms with Crippen molar-refractivity contribution in [2.24, 2.45) is 0 Å². The minimum absolute atomic E-state index is 0.0434. The van der Waals surface area contributed by atoms with Gasteiger partial charge in [0.15, 0.2) is 8.32 Å². The normalized spacial score (nSPS) is 15.0. The van der Waals surface area contributed by atoms with Crippen LogP contribution >= 0.6 is 0 Å². The zero-order valence-corrected chi connectivity index (χ0v) is 16.0. The monoisotopic (exact) mass is 357 g/mol. The number of carbonyl (C=O) groups is 1. The number of carboxylic acid groups (broad SMARTS) is 1. The van der Waals surface area contributed by atoms with Gasteiger partial charge in [-0.05, 0) is 35.8 Å². The average Bonchev–Trinajstić information content (AvgIpc) is 2.43. The van der Waals surface area contributed by atoms with E-state index < -0.39 is 32.4 Å². The summed E-state index contributed by atoms with van der Waals surface area (Å²) in [5, 5.41) is 21.5. The lowest BCUT2D eigenvalue weighted by Gasteiger charge is -2.39. The molecular weight excluding hydrogens is 329 g/mol. The van der Waals surface area contributed by atoms with Crippen molar-refractivity contribution in [2.45, 2.75) is 57.5 Å². The Hall–Kier alpha value is -1.44. The second-order valence-corrected chi connectivity index (χ2v) is 12.2. The molecule has 0 saturated carbocycles. The number of benzene rings is 1. The van der Waals surface area contributed by atoms with Gasteiger partial charge in [-0.15, -0.1) is 0 Å². The fourth-order valence-corrected chi connectivity index (χ4v) is 3.43. The topological polar surface area (TPSA) is 78.8 Å². The Balaban J connectivity index is 2.87. The molecule has 0 aliphatic heterocycles. The smallest absolute Gasteiger partial charge is 0.404 e. The SMILES string of the molecule is CC(C)(C)[Si](C)(C)O[C@H](CNC(=O)O)CC(O)c1cccc(F)c1. The largest absolute Gasteiger partial charge is 0.465 e. The first kappa shape index (κ1) is 20.6. The molecule has 3 N–H and O–H groups in total. The molecule has 0 spiro atoms. The zero-order chi connectivity index (χ0) is 18.5. The van der Waals surface area contributed by atoms with Gasteiger partial charge < -0.3 is 20.0 Å². The first-order chi connectivity index (χ1) is 10.9. The van der Waals surface area contributed by atoms with E-state index in [1.165, 1.54) is 18.2 Å². The summed E-state index contributed by atoms with van der Waals surface area (Å²) in [7, 11) is -2.14. The number of aliphatic hydroxyl groups excluding tert-OH is 1. The van der Waals surface area contributed by atoms with E-state index in [-0.39, 0.29) is 18.0 Å². The maximum absolute atomic E-state index is 13.3. The van der Waals surface area contributed by atoms with Crippen molar-refractivity contribution in [3.63, 3.8) is 0 Å². The molecule has 0 bridgehead atoms. The molecule has 5 nitrogen and oxygen atoms in total. The summed E-state index contributed by atoms with van der Waals surface area (Å²) in [4.78, 5) is 10.8. The maximum Gasteiger partial charge on any atom is 0.404 e. The Bertz CT molecular complexity index is 560. The van der Waals surface area contributed by atoms with Gasteiger partial charge in [0.05, 0.1) is 12.2 Å². The van der Waals surface area contributed by atoms with Crippen LogP contribution in [0.4, 0.5) is 9.18 Å². The van der Waals surface area contributed by atoms with Crippen LogP contribution in [0.2, 0.25) is 18.1 Å². The molecule has 1 amide bonds. The number of hydrogen-bond acceptors (Lipinski definition) is 3. The molecule has 7 heteroatoms. The third-order valence-corrected chi connectivity index (χ3v) is 9.00. The highest BCUT2D eigenvalue weighted by Crippen LogP contribution is 2.38. The summed E-state index contributed by atoms with van der Waals surface area (Å²) in [5.41, 5.74) is 0.453.